The zero-order valence-electron chi connectivity index (χ0n) is 12.3. The molecule has 22 heavy (non-hydrogen) atoms. The first-order valence-electron chi connectivity index (χ1n) is 7.30. The van der Waals surface area contributed by atoms with Crippen LogP contribution in [0.3, 0.4) is 0 Å². The fraction of sp³-hybridized carbons (Fsp3) is 0.105. The summed E-state index contributed by atoms with van der Waals surface area (Å²) < 4.78 is 0. The highest BCUT2D eigenvalue weighted by Crippen LogP contribution is 2.11. The maximum atomic E-state index is 4.68. The molecule has 0 saturated carbocycles. The number of hydrogen-bond donors (Lipinski definition) is 0. The van der Waals surface area contributed by atoms with E-state index >= 15 is 0 Å². The Bertz CT molecular complexity index is 649. The van der Waals surface area contributed by atoms with Crippen LogP contribution in [0.1, 0.15) is 16.0 Å². The van der Waals surface area contributed by atoms with Crippen LogP contribution in [0.4, 0.5) is 0 Å². The van der Waals surface area contributed by atoms with Crippen molar-refractivity contribution in [3.05, 3.63) is 94.2 Å². The first kappa shape index (κ1) is 14.5. The van der Waals surface area contributed by atoms with Gasteiger partial charge >= 0.3 is 0 Å². The highest BCUT2D eigenvalue weighted by Gasteiger charge is 2.04. The molecule has 0 fully saturated rings. The zero-order chi connectivity index (χ0) is 15.0. The van der Waals surface area contributed by atoms with E-state index in [0.29, 0.717) is 0 Å². The molecule has 0 atom stereocenters. The molecule has 0 aliphatic heterocycles. The van der Waals surface area contributed by atoms with Gasteiger partial charge in [0.15, 0.2) is 0 Å². The monoisotopic (exact) mass is 306 g/mol. The van der Waals surface area contributed by atoms with Crippen LogP contribution >= 0.6 is 11.3 Å². The average Bonchev–Trinajstić information content (AvgIpc) is 3.08. The smallest absolute Gasteiger partial charge is 0.0643 e. The lowest BCUT2D eigenvalue weighted by Gasteiger charge is -2.19. The van der Waals surface area contributed by atoms with Crippen molar-refractivity contribution in [2.75, 3.05) is 0 Å². The van der Waals surface area contributed by atoms with Crippen LogP contribution in [0.25, 0.3) is 0 Å². The van der Waals surface area contributed by atoms with E-state index in [0.717, 1.165) is 13.1 Å². The highest BCUT2D eigenvalue weighted by atomic mass is 32.1. The van der Waals surface area contributed by atoms with Crippen molar-refractivity contribution in [3.8, 4) is 0 Å². The molecule has 110 valence electrons. The maximum Gasteiger partial charge on any atom is 0.0643 e. The summed E-state index contributed by atoms with van der Waals surface area (Å²) in [5.41, 5.74) is 2.53. The van der Waals surface area contributed by atoms with Gasteiger partial charge in [-0.05, 0) is 22.6 Å². The molecular formula is C19H18N2S. The number of benzene rings is 2. The first-order valence-corrected chi connectivity index (χ1v) is 8.18. The largest absolute Gasteiger partial charge is 0.288 e. The van der Waals surface area contributed by atoms with Crippen LogP contribution in [0.2, 0.25) is 0 Å². The lowest BCUT2D eigenvalue weighted by molar-refractivity contribution is 0.272. The van der Waals surface area contributed by atoms with Gasteiger partial charge in [-0.2, -0.15) is 5.10 Å². The molecule has 0 aliphatic rings. The zero-order valence-corrected chi connectivity index (χ0v) is 13.1. The van der Waals surface area contributed by atoms with E-state index in [1.807, 2.05) is 24.4 Å². The number of rotatable bonds is 6. The summed E-state index contributed by atoms with van der Waals surface area (Å²) in [6.07, 6.45) is 1.94. The molecule has 3 rings (SSSR count). The second-order valence-corrected chi connectivity index (χ2v) is 6.03. The van der Waals surface area contributed by atoms with Crippen LogP contribution in [-0.4, -0.2) is 11.2 Å². The Kier molecular flexibility index (Phi) is 5.00. The Morgan fingerprint density at radius 2 is 1.36 bits per heavy atom. The number of hydrazone groups is 1. The minimum atomic E-state index is 0.803. The van der Waals surface area contributed by atoms with E-state index in [9.17, 15) is 0 Å². The number of nitrogens with zero attached hydrogens (tertiary/aromatic N) is 2. The van der Waals surface area contributed by atoms with Crippen molar-refractivity contribution in [3.63, 3.8) is 0 Å². The van der Waals surface area contributed by atoms with Gasteiger partial charge in [0.1, 0.15) is 0 Å². The molecule has 2 aromatic carbocycles. The van der Waals surface area contributed by atoms with Gasteiger partial charge in [-0.3, -0.25) is 5.01 Å². The third kappa shape index (κ3) is 4.30. The van der Waals surface area contributed by atoms with E-state index in [1.165, 1.54) is 16.0 Å². The van der Waals surface area contributed by atoms with Gasteiger partial charge in [0, 0.05) is 4.88 Å². The number of hydrogen-bond acceptors (Lipinski definition) is 3. The van der Waals surface area contributed by atoms with E-state index in [2.05, 4.69) is 70.1 Å². The SMILES string of the molecule is C(=N\N(Cc1ccccc1)Cc1ccccc1)/c1cccs1. The minimum absolute atomic E-state index is 0.803. The van der Waals surface area contributed by atoms with Crippen LogP contribution in [0.5, 0.6) is 0 Å². The van der Waals surface area contributed by atoms with Gasteiger partial charge in [-0.25, -0.2) is 0 Å². The number of thiophene rings is 1. The van der Waals surface area contributed by atoms with Crippen molar-refractivity contribution in [2.24, 2.45) is 5.10 Å². The van der Waals surface area contributed by atoms with Crippen LogP contribution < -0.4 is 0 Å². The minimum Gasteiger partial charge on any atom is -0.288 e. The summed E-state index contributed by atoms with van der Waals surface area (Å²) in [7, 11) is 0. The van der Waals surface area contributed by atoms with Crippen LogP contribution in [0, 0.1) is 0 Å². The van der Waals surface area contributed by atoms with Crippen molar-refractivity contribution in [1.29, 1.82) is 0 Å². The van der Waals surface area contributed by atoms with Gasteiger partial charge in [0.25, 0.3) is 0 Å². The Balaban J connectivity index is 1.75. The van der Waals surface area contributed by atoms with Crippen LogP contribution in [-0.2, 0) is 13.1 Å². The Hall–Kier alpha value is -2.39. The molecule has 0 unspecified atom stereocenters. The second-order valence-electron chi connectivity index (χ2n) is 5.05. The predicted octanol–water partition coefficient (Wildman–Crippen LogP) is 4.78. The normalized spacial score (nSPS) is 10.9. The highest BCUT2D eigenvalue weighted by molar-refractivity contribution is 7.11. The van der Waals surface area contributed by atoms with Crippen molar-refractivity contribution in [1.82, 2.24) is 5.01 Å². The van der Waals surface area contributed by atoms with Gasteiger partial charge < -0.3 is 0 Å². The van der Waals surface area contributed by atoms with E-state index in [-0.39, 0.29) is 0 Å². The molecule has 3 heteroatoms. The van der Waals surface area contributed by atoms with Crippen molar-refractivity contribution >= 4 is 17.6 Å². The quantitative estimate of drug-likeness (QED) is 0.472. The summed E-state index contributed by atoms with van der Waals surface area (Å²) in [6.45, 7) is 1.61. The fourth-order valence-corrected chi connectivity index (χ4v) is 2.81. The Labute approximate surface area is 135 Å². The first-order chi connectivity index (χ1) is 10.9. The van der Waals surface area contributed by atoms with Gasteiger partial charge in [0.05, 0.1) is 19.3 Å². The standard InChI is InChI=1S/C19H18N2S/c1-3-8-17(9-4-1)15-21(16-18-10-5-2-6-11-18)20-14-19-12-7-13-22-19/h1-14H,15-16H2/b20-14+. The summed E-state index contributed by atoms with van der Waals surface area (Å²) in [4.78, 5) is 1.17. The lowest BCUT2D eigenvalue weighted by atomic mass is 10.2. The van der Waals surface area contributed by atoms with Crippen molar-refractivity contribution in [2.45, 2.75) is 13.1 Å². The van der Waals surface area contributed by atoms with E-state index in [1.54, 1.807) is 11.3 Å². The topological polar surface area (TPSA) is 15.6 Å². The van der Waals surface area contributed by atoms with E-state index in [4.69, 9.17) is 0 Å². The second kappa shape index (κ2) is 7.57. The molecule has 1 heterocycles. The molecular weight excluding hydrogens is 288 g/mol. The van der Waals surface area contributed by atoms with Gasteiger partial charge in [-0.1, -0.05) is 66.7 Å². The molecule has 1 aromatic heterocycles. The van der Waals surface area contributed by atoms with E-state index < -0.39 is 0 Å². The van der Waals surface area contributed by atoms with Crippen LogP contribution in [0.15, 0.2) is 83.3 Å². The molecule has 3 aromatic rings. The molecule has 2 nitrogen and oxygen atoms in total. The fourth-order valence-electron chi connectivity index (χ4n) is 2.23. The molecule has 0 radical (unpaired) electrons. The average molecular weight is 306 g/mol. The molecule has 0 amide bonds. The molecule has 0 spiro atoms. The van der Waals surface area contributed by atoms with Crippen molar-refractivity contribution < 1.29 is 0 Å². The Morgan fingerprint density at radius 1 is 0.773 bits per heavy atom. The lowest BCUT2D eigenvalue weighted by Crippen LogP contribution is -2.16. The summed E-state index contributed by atoms with van der Waals surface area (Å²) in [5, 5.41) is 8.85. The third-order valence-electron chi connectivity index (χ3n) is 3.31. The third-order valence-corrected chi connectivity index (χ3v) is 4.11. The Morgan fingerprint density at radius 3 is 1.86 bits per heavy atom. The summed E-state index contributed by atoms with van der Waals surface area (Å²) in [5.74, 6) is 0. The molecule has 0 saturated heterocycles. The van der Waals surface area contributed by atoms with Gasteiger partial charge in [-0.15, -0.1) is 11.3 Å². The van der Waals surface area contributed by atoms with Gasteiger partial charge in [0.2, 0.25) is 0 Å². The summed E-state index contributed by atoms with van der Waals surface area (Å²) in [6, 6.07) is 25.0. The predicted molar refractivity (Wildman–Crippen MR) is 94.0 cm³/mol. The molecule has 0 aliphatic carbocycles. The maximum absolute atomic E-state index is 4.68. The summed E-state index contributed by atoms with van der Waals surface area (Å²) >= 11 is 1.70. The molecule has 0 bridgehead atoms. The molecule has 0 N–H and O–H groups in total.